The summed E-state index contributed by atoms with van der Waals surface area (Å²) in [5, 5.41) is 0. The second-order valence-corrected chi connectivity index (χ2v) is 11.5. The van der Waals surface area contributed by atoms with E-state index in [2.05, 4.69) is 44.7 Å². The van der Waals surface area contributed by atoms with E-state index >= 15 is 0 Å². The van der Waals surface area contributed by atoms with Crippen molar-refractivity contribution in [2.75, 3.05) is 6.61 Å². The Morgan fingerprint density at radius 3 is 2.23 bits per heavy atom. The molecule has 2 fully saturated rings. The van der Waals surface area contributed by atoms with Crippen LogP contribution in [0.5, 0.6) is 0 Å². The van der Waals surface area contributed by atoms with Crippen LogP contribution in [-0.2, 0) is 4.74 Å². The molecule has 0 radical (unpaired) electrons. The molecule has 3 heteroatoms. The number of ether oxygens (including phenoxy) is 1. The van der Waals surface area contributed by atoms with Gasteiger partial charge in [-0.25, -0.2) is 8.78 Å². The third-order valence-corrected chi connectivity index (χ3v) is 8.66. The van der Waals surface area contributed by atoms with Crippen LogP contribution in [0.4, 0.5) is 8.78 Å². The van der Waals surface area contributed by atoms with Crippen LogP contribution in [-0.4, -0.2) is 6.61 Å². The molecule has 0 aromatic rings. The second kappa shape index (κ2) is 14.2. The second-order valence-electron chi connectivity index (χ2n) is 11.5. The summed E-state index contributed by atoms with van der Waals surface area (Å²) in [5.41, 5.74) is 0.406. The van der Waals surface area contributed by atoms with Gasteiger partial charge in [-0.15, -0.1) is 0 Å². The lowest BCUT2D eigenvalue weighted by atomic mass is 9.79. The molecular formula is C32H48F2O. The number of hydrogen-bond acceptors (Lipinski definition) is 1. The fourth-order valence-corrected chi connectivity index (χ4v) is 6.16. The van der Waals surface area contributed by atoms with Crippen molar-refractivity contribution in [3.63, 3.8) is 0 Å². The van der Waals surface area contributed by atoms with Gasteiger partial charge >= 0.3 is 0 Å². The van der Waals surface area contributed by atoms with E-state index in [1.807, 2.05) is 0 Å². The molecule has 0 spiro atoms. The number of hydrogen-bond donors (Lipinski definition) is 0. The van der Waals surface area contributed by atoms with Gasteiger partial charge in [-0.1, -0.05) is 76.5 Å². The molecule has 0 aliphatic heterocycles. The van der Waals surface area contributed by atoms with Crippen LogP contribution >= 0.6 is 0 Å². The summed E-state index contributed by atoms with van der Waals surface area (Å²) in [6, 6.07) is 0. The molecule has 0 aromatic carbocycles. The normalized spacial score (nSPS) is 33.3. The average molecular weight is 487 g/mol. The van der Waals surface area contributed by atoms with Crippen LogP contribution in [0, 0.1) is 35.5 Å². The highest BCUT2D eigenvalue weighted by atomic mass is 19.2. The summed E-state index contributed by atoms with van der Waals surface area (Å²) in [4.78, 5) is 0. The van der Waals surface area contributed by atoms with Crippen LogP contribution < -0.4 is 0 Å². The largest absolute Gasteiger partial charge is 0.494 e. The fourth-order valence-electron chi connectivity index (χ4n) is 6.16. The molecule has 35 heavy (non-hydrogen) atoms. The highest BCUT2D eigenvalue weighted by molar-refractivity contribution is 5.34. The first-order valence-electron chi connectivity index (χ1n) is 14.3. The van der Waals surface area contributed by atoms with Crippen LogP contribution in [0.15, 0.2) is 59.9 Å². The fraction of sp³-hybridized carbons (Fsp3) is 0.688. The van der Waals surface area contributed by atoms with E-state index < -0.39 is 11.7 Å². The number of allylic oxidation sites excluding steroid dienone is 8. The molecule has 3 aliphatic carbocycles. The van der Waals surface area contributed by atoms with E-state index in [-0.39, 0.29) is 17.6 Å². The minimum absolute atomic E-state index is 0.0418. The Labute approximate surface area is 213 Å². The zero-order valence-electron chi connectivity index (χ0n) is 22.4. The van der Waals surface area contributed by atoms with Crippen molar-refractivity contribution in [2.24, 2.45) is 35.5 Å². The van der Waals surface area contributed by atoms with Crippen LogP contribution in [0.3, 0.4) is 0 Å². The maximum Gasteiger partial charge on any atom is 0.196 e. The van der Waals surface area contributed by atoms with Crippen molar-refractivity contribution in [1.29, 1.82) is 0 Å². The van der Waals surface area contributed by atoms with E-state index in [9.17, 15) is 8.78 Å². The highest BCUT2D eigenvalue weighted by Crippen LogP contribution is 2.37. The Morgan fingerprint density at radius 2 is 1.63 bits per heavy atom. The van der Waals surface area contributed by atoms with Gasteiger partial charge in [-0.05, 0) is 93.5 Å². The maximum absolute atomic E-state index is 15.0. The van der Waals surface area contributed by atoms with Gasteiger partial charge in [0, 0.05) is 5.92 Å². The molecule has 0 aromatic heterocycles. The van der Waals surface area contributed by atoms with Gasteiger partial charge in [-0.2, -0.15) is 0 Å². The minimum Gasteiger partial charge on any atom is -0.494 e. The predicted octanol–water partition coefficient (Wildman–Crippen LogP) is 10.2. The number of halogens is 2. The molecule has 196 valence electrons. The zero-order chi connectivity index (χ0) is 25.2. The SMILES string of the molecule is C=C/C(=C(F)\C(F)=C(/C)OCC1C=CC(/C=C/C2CCC(CCC)CC2)CC1)C1CCC(C)CC1. The van der Waals surface area contributed by atoms with Gasteiger partial charge in [0.05, 0.1) is 6.61 Å². The first-order chi connectivity index (χ1) is 16.9. The molecule has 0 heterocycles. The molecule has 2 atom stereocenters. The van der Waals surface area contributed by atoms with Gasteiger partial charge in [0.2, 0.25) is 0 Å². The van der Waals surface area contributed by atoms with Crippen molar-refractivity contribution in [1.82, 2.24) is 0 Å². The van der Waals surface area contributed by atoms with E-state index in [1.165, 1.54) is 51.5 Å². The van der Waals surface area contributed by atoms with E-state index in [0.717, 1.165) is 50.4 Å². The summed E-state index contributed by atoms with van der Waals surface area (Å²) in [7, 11) is 0. The quantitative estimate of drug-likeness (QED) is 0.169. The maximum atomic E-state index is 15.0. The lowest BCUT2D eigenvalue weighted by Gasteiger charge is -2.27. The molecule has 0 amide bonds. The lowest BCUT2D eigenvalue weighted by molar-refractivity contribution is 0.166. The Morgan fingerprint density at radius 1 is 0.914 bits per heavy atom. The molecule has 0 saturated heterocycles. The molecule has 1 nitrogen and oxygen atoms in total. The first-order valence-corrected chi connectivity index (χ1v) is 14.3. The van der Waals surface area contributed by atoms with Gasteiger partial charge in [0.25, 0.3) is 0 Å². The van der Waals surface area contributed by atoms with Crippen LogP contribution in [0.25, 0.3) is 0 Å². The van der Waals surface area contributed by atoms with Gasteiger partial charge < -0.3 is 4.74 Å². The summed E-state index contributed by atoms with van der Waals surface area (Å²) in [6.07, 6.45) is 25.0. The number of rotatable bonds is 10. The molecular weight excluding hydrogens is 438 g/mol. The van der Waals surface area contributed by atoms with Crippen molar-refractivity contribution < 1.29 is 13.5 Å². The molecule has 0 bridgehead atoms. The first kappa shape index (κ1) is 27.9. The van der Waals surface area contributed by atoms with Crippen molar-refractivity contribution in [2.45, 2.75) is 97.8 Å². The zero-order valence-corrected chi connectivity index (χ0v) is 22.4. The molecule has 0 N–H and O–H groups in total. The molecule has 2 unspecified atom stereocenters. The predicted molar refractivity (Wildman–Crippen MR) is 144 cm³/mol. The average Bonchev–Trinajstić information content (AvgIpc) is 2.88. The molecule has 3 rings (SSSR count). The standard InChI is InChI=1S/C32H48F2O/c1-5-7-25-10-12-26(13-11-25)14-15-27-16-18-28(19-17-27)22-35-24(4)31(33)32(34)30(6-2)29-20-8-23(3)9-21-29/h6,14-16,18,23,25-29H,2,5,7-13,17,19-22H2,1,3-4H3/b15-14+,31-24-,32-30-. The van der Waals surface area contributed by atoms with E-state index in [0.29, 0.717) is 24.0 Å². The van der Waals surface area contributed by atoms with Crippen molar-refractivity contribution in [3.8, 4) is 0 Å². The minimum atomic E-state index is -0.868. The van der Waals surface area contributed by atoms with Crippen LogP contribution in [0.1, 0.15) is 97.8 Å². The Bertz CT molecular complexity index is 788. The lowest BCUT2D eigenvalue weighted by Crippen LogP contribution is -2.15. The van der Waals surface area contributed by atoms with E-state index in [4.69, 9.17) is 4.74 Å². The Balaban J connectivity index is 1.47. The monoisotopic (exact) mass is 486 g/mol. The van der Waals surface area contributed by atoms with Gasteiger partial charge in [0.15, 0.2) is 11.7 Å². The van der Waals surface area contributed by atoms with Crippen molar-refractivity contribution in [3.05, 3.63) is 59.9 Å². The summed E-state index contributed by atoms with van der Waals surface area (Å²) < 4.78 is 35.6. The van der Waals surface area contributed by atoms with E-state index in [1.54, 1.807) is 0 Å². The smallest absolute Gasteiger partial charge is 0.196 e. The third-order valence-electron chi connectivity index (χ3n) is 8.66. The topological polar surface area (TPSA) is 9.23 Å². The summed E-state index contributed by atoms with van der Waals surface area (Å²) >= 11 is 0. The van der Waals surface area contributed by atoms with Gasteiger partial charge in [-0.3, -0.25) is 0 Å². The Hall–Kier alpha value is -1.64. The third kappa shape index (κ3) is 8.46. The van der Waals surface area contributed by atoms with Crippen molar-refractivity contribution >= 4 is 0 Å². The highest BCUT2D eigenvalue weighted by Gasteiger charge is 2.25. The Kier molecular flexibility index (Phi) is 11.3. The molecule has 2 saturated carbocycles. The van der Waals surface area contributed by atoms with Gasteiger partial charge in [0.1, 0.15) is 5.76 Å². The summed E-state index contributed by atoms with van der Waals surface area (Å²) in [5.74, 6) is 1.53. The van der Waals surface area contributed by atoms with Crippen LogP contribution in [0.2, 0.25) is 0 Å². The summed E-state index contributed by atoms with van der Waals surface area (Å²) in [6.45, 7) is 10.2. The molecule has 3 aliphatic rings.